The number of anilines is 1. The molecule has 0 aliphatic carbocycles. The molecule has 3 aromatic carbocycles. The molecule has 0 radical (unpaired) electrons. The Hall–Kier alpha value is -4.51. The van der Waals surface area contributed by atoms with E-state index in [0.717, 1.165) is 17.1 Å². The van der Waals surface area contributed by atoms with Crippen LogP contribution in [0.1, 0.15) is 37.0 Å². The highest BCUT2D eigenvalue weighted by molar-refractivity contribution is 7.99. The number of thioether (sulfide) groups is 1. The highest BCUT2D eigenvalue weighted by Gasteiger charge is 2.32. The number of carbonyl (C=O) groups is 4. The summed E-state index contributed by atoms with van der Waals surface area (Å²) in [6, 6.07) is 17.3. The molecule has 10 nitrogen and oxygen atoms in total. The van der Waals surface area contributed by atoms with Crippen molar-refractivity contribution < 1.29 is 28.3 Å². The molecular weight excluding hydrogens is 496 g/mol. The van der Waals surface area contributed by atoms with Gasteiger partial charge in [-0.2, -0.15) is 0 Å². The molecule has 0 bridgehead atoms. The van der Waals surface area contributed by atoms with Gasteiger partial charge in [0.15, 0.2) is 0 Å². The first-order valence-corrected chi connectivity index (χ1v) is 12.2. The third-order valence-electron chi connectivity index (χ3n) is 5.79. The Kier molecular flexibility index (Phi) is 6.69. The number of carbonyl (C=O) groups excluding carboxylic acids is 4. The van der Waals surface area contributed by atoms with E-state index in [1.54, 1.807) is 48.5 Å². The number of nitrogens with one attached hydrogen (secondary N) is 1. The molecule has 0 unspecified atom stereocenters. The van der Waals surface area contributed by atoms with Gasteiger partial charge >= 0.3 is 5.97 Å². The highest BCUT2D eigenvalue weighted by Crippen LogP contribution is 2.30. The fourth-order valence-electron chi connectivity index (χ4n) is 4.08. The zero-order valence-corrected chi connectivity index (χ0v) is 20.4. The van der Waals surface area contributed by atoms with E-state index in [0.29, 0.717) is 22.2 Å². The Morgan fingerprint density at radius 2 is 1.68 bits per heavy atom. The molecule has 1 aliphatic rings. The number of benzene rings is 3. The number of hydrogen-bond acceptors (Lipinski definition) is 9. The SMILES string of the molecule is COC(=O)c1ccccc1NC(=O)CSc1nnc(CCN2C(=O)c3cccc4cccc(c34)C2=O)o1. The van der Waals surface area contributed by atoms with Gasteiger partial charge in [0.25, 0.3) is 17.0 Å². The lowest BCUT2D eigenvalue weighted by atomic mass is 9.94. The van der Waals surface area contributed by atoms with Gasteiger partial charge in [0, 0.05) is 29.5 Å². The van der Waals surface area contributed by atoms with Crippen LogP contribution < -0.4 is 5.32 Å². The Bertz CT molecular complexity index is 1500. The minimum absolute atomic E-state index is 0.0406. The molecule has 11 heteroatoms. The molecule has 1 N–H and O–H groups in total. The molecule has 0 saturated heterocycles. The van der Waals surface area contributed by atoms with Crippen LogP contribution in [0.25, 0.3) is 10.8 Å². The minimum atomic E-state index is -0.559. The van der Waals surface area contributed by atoms with Gasteiger partial charge in [-0.3, -0.25) is 19.3 Å². The van der Waals surface area contributed by atoms with Crippen molar-refractivity contribution in [3.05, 3.63) is 83.2 Å². The van der Waals surface area contributed by atoms with Gasteiger partial charge in [-0.15, -0.1) is 10.2 Å². The second-order valence-electron chi connectivity index (χ2n) is 8.06. The van der Waals surface area contributed by atoms with Crippen molar-refractivity contribution in [2.24, 2.45) is 0 Å². The first-order valence-electron chi connectivity index (χ1n) is 11.3. The first-order chi connectivity index (χ1) is 18.0. The summed E-state index contributed by atoms with van der Waals surface area (Å²) in [5, 5.41) is 12.2. The standard InChI is InChI=1S/C26H20N4O6S/c1-35-25(34)16-8-2-3-11-19(16)27-20(31)14-37-26-29-28-21(36-26)12-13-30-23(32)17-9-4-6-15-7-5-10-18(22(15)17)24(30)33/h2-11H,12-14H2,1H3,(H,27,31). The highest BCUT2D eigenvalue weighted by atomic mass is 32.2. The van der Waals surface area contributed by atoms with Crippen LogP contribution in [-0.2, 0) is 16.0 Å². The fraction of sp³-hybridized carbons (Fsp3) is 0.154. The lowest BCUT2D eigenvalue weighted by molar-refractivity contribution is -0.113. The van der Waals surface area contributed by atoms with Crippen molar-refractivity contribution in [1.82, 2.24) is 15.1 Å². The third kappa shape index (κ3) is 4.81. The smallest absolute Gasteiger partial charge is 0.339 e. The fourth-order valence-corrected chi connectivity index (χ4v) is 4.66. The summed E-state index contributed by atoms with van der Waals surface area (Å²) in [6.07, 6.45) is 0.169. The van der Waals surface area contributed by atoms with Crippen LogP contribution in [0.4, 0.5) is 5.69 Å². The largest absolute Gasteiger partial charge is 0.465 e. The van der Waals surface area contributed by atoms with Crippen LogP contribution in [-0.4, -0.2) is 58.2 Å². The maximum Gasteiger partial charge on any atom is 0.339 e. The van der Waals surface area contributed by atoms with Crippen LogP contribution in [0.2, 0.25) is 0 Å². The summed E-state index contributed by atoms with van der Waals surface area (Å²) in [6.45, 7) is 0.0689. The number of rotatable bonds is 8. The molecule has 186 valence electrons. The van der Waals surface area contributed by atoms with E-state index in [2.05, 4.69) is 15.5 Å². The molecular formula is C26H20N4O6S. The van der Waals surface area contributed by atoms with Gasteiger partial charge in [0.05, 0.1) is 24.1 Å². The Morgan fingerprint density at radius 3 is 2.38 bits per heavy atom. The lowest BCUT2D eigenvalue weighted by Gasteiger charge is -2.26. The summed E-state index contributed by atoms with van der Waals surface area (Å²) in [7, 11) is 1.26. The van der Waals surface area contributed by atoms with Crippen molar-refractivity contribution in [3.8, 4) is 0 Å². The van der Waals surface area contributed by atoms with Crippen molar-refractivity contribution in [2.45, 2.75) is 11.6 Å². The summed E-state index contributed by atoms with van der Waals surface area (Å²) in [5.41, 5.74) is 1.53. The van der Waals surface area contributed by atoms with Gasteiger partial charge < -0.3 is 14.5 Å². The van der Waals surface area contributed by atoms with Gasteiger partial charge in [-0.1, -0.05) is 48.2 Å². The summed E-state index contributed by atoms with van der Waals surface area (Å²) < 4.78 is 10.3. The Balaban J connectivity index is 1.19. The average molecular weight is 517 g/mol. The van der Waals surface area contributed by atoms with Crippen LogP contribution in [0.15, 0.2) is 70.3 Å². The number of methoxy groups -OCH3 is 1. The number of aromatic nitrogens is 2. The minimum Gasteiger partial charge on any atom is -0.465 e. The number of nitrogens with zero attached hydrogens (tertiary/aromatic N) is 3. The number of imide groups is 1. The maximum absolute atomic E-state index is 13.0. The zero-order chi connectivity index (χ0) is 25.9. The van der Waals surface area contributed by atoms with E-state index in [-0.39, 0.29) is 53.1 Å². The number of ether oxygens (including phenoxy) is 1. The van der Waals surface area contributed by atoms with Crippen LogP contribution in [0.3, 0.4) is 0 Å². The maximum atomic E-state index is 13.0. The first kappa shape index (κ1) is 24.2. The van der Waals surface area contributed by atoms with E-state index in [9.17, 15) is 19.2 Å². The van der Waals surface area contributed by atoms with Crippen LogP contribution in [0.5, 0.6) is 0 Å². The molecule has 0 fully saturated rings. The van der Waals surface area contributed by atoms with Crippen LogP contribution >= 0.6 is 11.8 Å². The molecule has 0 saturated carbocycles. The predicted molar refractivity (Wildman–Crippen MR) is 134 cm³/mol. The van der Waals surface area contributed by atoms with E-state index < -0.39 is 5.97 Å². The van der Waals surface area contributed by atoms with Crippen molar-refractivity contribution in [1.29, 1.82) is 0 Å². The molecule has 5 rings (SSSR count). The van der Waals surface area contributed by atoms with Gasteiger partial charge in [-0.05, 0) is 29.7 Å². The summed E-state index contributed by atoms with van der Waals surface area (Å²) in [5.74, 6) is -1.48. The topological polar surface area (TPSA) is 132 Å². The Morgan fingerprint density at radius 1 is 0.973 bits per heavy atom. The normalized spacial score (nSPS) is 12.6. The molecule has 2 heterocycles. The molecule has 4 aromatic rings. The number of para-hydroxylation sites is 1. The van der Waals surface area contributed by atoms with E-state index >= 15 is 0 Å². The summed E-state index contributed by atoms with van der Waals surface area (Å²) in [4.78, 5) is 51.5. The lowest BCUT2D eigenvalue weighted by Crippen LogP contribution is -2.41. The zero-order valence-electron chi connectivity index (χ0n) is 19.6. The summed E-state index contributed by atoms with van der Waals surface area (Å²) >= 11 is 1.02. The van der Waals surface area contributed by atoms with E-state index in [1.165, 1.54) is 12.0 Å². The second kappa shape index (κ2) is 10.2. The molecule has 3 amide bonds. The van der Waals surface area contributed by atoms with E-state index in [4.69, 9.17) is 9.15 Å². The predicted octanol–water partition coefficient (Wildman–Crippen LogP) is 3.58. The van der Waals surface area contributed by atoms with Crippen molar-refractivity contribution >= 4 is 51.9 Å². The van der Waals surface area contributed by atoms with Crippen LogP contribution in [0, 0.1) is 0 Å². The molecule has 1 aliphatic heterocycles. The quantitative estimate of drug-likeness (QED) is 0.212. The number of esters is 1. The molecule has 0 spiro atoms. The third-order valence-corrected chi connectivity index (χ3v) is 6.61. The van der Waals surface area contributed by atoms with Gasteiger partial charge in [-0.25, -0.2) is 4.79 Å². The molecule has 0 atom stereocenters. The van der Waals surface area contributed by atoms with Gasteiger partial charge in [0.1, 0.15) is 0 Å². The van der Waals surface area contributed by atoms with Gasteiger partial charge in [0.2, 0.25) is 11.8 Å². The number of hydrogen-bond donors (Lipinski definition) is 1. The Labute approximate surface area is 215 Å². The van der Waals surface area contributed by atoms with Crippen molar-refractivity contribution in [3.63, 3.8) is 0 Å². The van der Waals surface area contributed by atoms with Crippen molar-refractivity contribution in [2.75, 3.05) is 24.7 Å². The average Bonchev–Trinajstić information content (AvgIpc) is 3.38. The molecule has 1 aromatic heterocycles. The molecule has 37 heavy (non-hydrogen) atoms. The monoisotopic (exact) mass is 516 g/mol. The second-order valence-corrected chi connectivity index (χ2v) is 8.98. The number of amides is 3. The van der Waals surface area contributed by atoms with E-state index in [1.807, 2.05) is 12.1 Å².